The molecule has 2 fully saturated rings. The molecule has 1 atom stereocenters. The number of carbonyl (C=O) groups is 1. The van der Waals surface area contributed by atoms with Crippen molar-refractivity contribution in [2.24, 2.45) is 5.92 Å². The fourth-order valence-electron chi connectivity index (χ4n) is 3.14. The van der Waals surface area contributed by atoms with Crippen LogP contribution in [0, 0.1) is 5.92 Å². The molecule has 1 unspecified atom stereocenters. The minimum Gasteiger partial charge on any atom is -0.444 e. The molecule has 0 aromatic rings. The molecule has 0 bridgehead atoms. The minimum atomic E-state index is -0.425. The first-order valence-electron chi connectivity index (χ1n) is 9.28. The molecule has 2 aliphatic rings. The van der Waals surface area contributed by atoms with Gasteiger partial charge in [0.2, 0.25) is 0 Å². The summed E-state index contributed by atoms with van der Waals surface area (Å²) >= 11 is 0. The van der Waals surface area contributed by atoms with Crippen LogP contribution in [0.4, 0.5) is 4.79 Å². The van der Waals surface area contributed by atoms with Crippen LogP contribution < -0.4 is 0 Å². The molecular weight excluding hydrogens is 308 g/mol. The highest BCUT2D eigenvalue weighted by atomic mass is 16.7. The van der Waals surface area contributed by atoms with Crippen molar-refractivity contribution in [2.45, 2.75) is 65.5 Å². The number of amides is 1. The van der Waals surface area contributed by atoms with Gasteiger partial charge in [-0.1, -0.05) is 13.8 Å². The van der Waals surface area contributed by atoms with E-state index >= 15 is 0 Å². The van der Waals surface area contributed by atoms with E-state index in [0.717, 1.165) is 45.6 Å². The quantitative estimate of drug-likeness (QED) is 0.743. The fraction of sp³-hybridized carbons (Fsp3) is 0.944. The minimum absolute atomic E-state index is 0.120. The van der Waals surface area contributed by atoms with Crippen LogP contribution in [0.25, 0.3) is 0 Å². The molecular formula is C18H34N2O4. The van der Waals surface area contributed by atoms with Crippen molar-refractivity contribution in [1.29, 1.82) is 0 Å². The molecule has 2 heterocycles. The first-order chi connectivity index (χ1) is 11.3. The smallest absolute Gasteiger partial charge is 0.410 e. The summed E-state index contributed by atoms with van der Waals surface area (Å²) in [5, 5.41) is 0. The van der Waals surface area contributed by atoms with E-state index in [4.69, 9.17) is 14.2 Å². The second-order valence-electron chi connectivity index (χ2n) is 7.89. The van der Waals surface area contributed by atoms with E-state index in [0.29, 0.717) is 12.5 Å². The SMILES string of the molecule is CCC(CC)OC1CN(CC2CN(C(=O)OC(C)(C)C)C2)CCO1. The Bertz CT molecular complexity index is 400. The molecule has 2 aliphatic heterocycles. The number of ether oxygens (including phenoxy) is 3. The standard InChI is InChI=1S/C18H34N2O4/c1-6-15(7-2)23-16-13-19(8-9-22-16)10-14-11-20(12-14)17(21)24-18(3,4)5/h14-16H,6-13H2,1-5H3. The van der Waals surface area contributed by atoms with Crippen molar-refractivity contribution in [3.8, 4) is 0 Å². The van der Waals surface area contributed by atoms with Crippen molar-refractivity contribution < 1.29 is 19.0 Å². The van der Waals surface area contributed by atoms with Gasteiger partial charge < -0.3 is 19.1 Å². The normalized spacial score (nSPS) is 23.4. The van der Waals surface area contributed by atoms with Crippen LogP contribution in [-0.2, 0) is 14.2 Å². The lowest BCUT2D eigenvalue weighted by Gasteiger charge is -2.43. The van der Waals surface area contributed by atoms with Crippen LogP contribution in [0.1, 0.15) is 47.5 Å². The summed E-state index contributed by atoms with van der Waals surface area (Å²) in [6.45, 7) is 15.0. The summed E-state index contributed by atoms with van der Waals surface area (Å²) < 4.78 is 17.2. The summed E-state index contributed by atoms with van der Waals surface area (Å²) in [7, 11) is 0. The van der Waals surface area contributed by atoms with Gasteiger partial charge in [-0.2, -0.15) is 0 Å². The van der Waals surface area contributed by atoms with Gasteiger partial charge in [0.25, 0.3) is 0 Å². The molecule has 6 nitrogen and oxygen atoms in total. The van der Waals surface area contributed by atoms with Crippen LogP contribution in [0.15, 0.2) is 0 Å². The Kier molecular flexibility index (Phi) is 6.89. The van der Waals surface area contributed by atoms with Gasteiger partial charge in [-0.05, 0) is 33.6 Å². The number of morpholine rings is 1. The Morgan fingerprint density at radius 3 is 2.46 bits per heavy atom. The number of hydrogen-bond donors (Lipinski definition) is 0. The van der Waals surface area contributed by atoms with Crippen LogP contribution in [0.5, 0.6) is 0 Å². The molecule has 2 saturated heterocycles. The van der Waals surface area contributed by atoms with Gasteiger partial charge in [0.05, 0.1) is 12.7 Å². The highest BCUT2D eigenvalue weighted by molar-refractivity contribution is 5.69. The third kappa shape index (κ3) is 5.90. The molecule has 24 heavy (non-hydrogen) atoms. The predicted molar refractivity (Wildman–Crippen MR) is 92.9 cm³/mol. The molecule has 2 rings (SSSR count). The highest BCUT2D eigenvalue weighted by Crippen LogP contribution is 2.22. The molecule has 140 valence electrons. The van der Waals surface area contributed by atoms with Crippen LogP contribution in [-0.4, -0.2) is 73.2 Å². The van der Waals surface area contributed by atoms with Crippen molar-refractivity contribution in [3.63, 3.8) is 0 Å². The average Bonchev–Trinajstić information content (AvgIpc) is 2.46. The van der Waals surface area contributed by atoms with E-state index < -0.39 is 5.60 Å². The second-order valence-corrected chi connectivity index (χ2v) is 7.89. The van der Waals surface area contributed by atoms with Crippen LogP contribution >= 0.6 is 0 Å². The Hall–Kier alpha value is -0.850. The molecule has 0 radical (unpaired) electrons. The van der Waals surface area contributed by atoms with Gasteiger partial charge >= 0.3 is 6.09 Å². The van der Waals surface area contributed by atoms with Gasteiger partial charge in [0.15, 0.2) is 6.29 Å². The predicted octanol–water partition coefficient (Wildman–Crippen LogP) is 2.72. The van der Waals surface area contributed by atoms with Crippen molar-refractivity contribution in [3.05, 3.63) is 0 Å². The van der Waals surface area contributed by atoms with Crippen molar-refractivity contribution in [1.82, 2.24) is 9.80 Å². The molecule has 0 aromatic carbocycles. The molecule has 0 N–H and O–H groups in total. The molecule has 0 spiro atoms. The van der Waals surface area contributed by atoms with E-state index in [9.17, 15) is 4.79 Å². The van der Waals surface area contributed by atoms with E-state index in [1.807, 2.05) is 20.8 Å². The highest BCUT2D eigenvalue weighted by Gasteiger charge is 2.35. The third-order valence-corrected chi connectivity index (χ3v) is 4.50. The molecule has 1 amide bonds. The fourth-order valence-corrected chi connectivity index (χ4v) is 3.14. The Morgan fingerprint density at radius 2 is 1.88 bits per heavy atom. The topological polar surface area (TPSA) is 51.2 Å². The molecule has 0 saturated carbocycles. The van der Waals surface area contributed by atoms with Gasteiger partial charge in [0.1, 0.15) is 5.60 Å². The Morgan fingerprint density at radius 1 is 1.21 bits per heavy atom. The van der Waals surface area contributed by atoms with Crippen molar-refractivity contribution in [2.75, 3.05) is 39.3 Å². The summed E-state index contributed by atoms with van der Waals surface area (Å²) in [6, 6.07) is 0. The lowest BCUT2D eigenvalue weighted by Crippen LogP contribution is -2.56. The monoisotopic (exact) mass is 342 g/mol. The summed E-state index contributed by atoms with van der Waals surface area (Å²) in [5.74, 6) is 0.518. The van der Waals surface area contributed by atoms with Gasteiger partial charge in [-0.25, -0.2) is 4.79 Å². The Labute approximate surface area is 146 Å². The zero-order valence-corrected chi connectivity index (χ0v) is 15.9. The summed E-state index contributed by atoms with van der Waals surface area (Å²) in [4.78, 5) is 16.2. The lowest BCUT2D eigenvalue weighted by atomic mass is 10.00. The zero-order chi connectivity index (χ0) is 17.7. The van der Waals surface area contributed by atoms with E-state index in [2.05, 4.69) is 18.7 Å². The van der Waals surface area contributed by atoms with Gasteiger partial charge in [-0.15, -0.1) is 0 Å². The molecule has 6 heteroatoms. The maximum atomic E-state index is 12.0. The maximum absolute atomic E-state index is 12.0. The first-order valence-corrected chi connectivity index (χ1v) is 9.28. The van der Waals surface area contributed by atoms with E-state index in [1.54, 1.807) is 4.90 Å². The second kappa shape index (κ2) is 8.50. The van der Waals surface area contributed by atoms with Crippen LogP contribution in [0.3, 0.4) is 0 Å². The van der Waals surface area contributed by atoms with E-state index in [-0.39, 0.29) is 18.5 Å². The molecule has 0 aromatic heterocycles. The number of rotatable bonds is 6. The number of likely N-dealkylation sites (tertiary alicyclic amines) is 1. The lowest BCUT2D eigenvalue weighted by molar-refractivity contribution is -0.204. The summed E-state index contributed by atoms with van der Waals surface area (Å²) in [5.41, 5.74) is -0.425. The zero-order valence-electron chi connectivity index (χ0n) is 15.9. The number of carbonyl (C=O) groups excluding carboxylic acids is 1. The largest absolute Gasteiger partial charge is 0.444 e. The first kappa shape index (κ1) is 19.5. The van der Waals surface area contributed by atoms with E-state index in [1.165, 1.54) is 0 Å². The van der Waals surface area contributed by atoms with Gasteiger partial charge in [0, 0.05) is 38.6 Å². The third-order valence-electron chi connectivity index (χ3n) is 4.50. The Balaban J connectivity index is 1.69. The average molecular weight is 342 g/mol. The maximum Gasteiger partial charge on any atom is 0.410 e. The number of hydrogen-bond acceptors (Lipinski definition) is 5. The van der Waals surface area contributed by atoms with Crippen molar-refractivity contribution >= 4 is 6.09 Å². The summed E-state index contributed by atoms with van der Waals surface area (Å²) in [6.07, 6.45) is 2.00. The molecule has 0 aliphatic carbocycles. The van der Waals surface area contributed by atoms with Crippen LogP contribution in [0.2, 0.25) is 0 Å². The number of nitrogens with zero attached hydrogens (tertiary/aromatic N) is 2. The van der Waals surface area contributed by atoms with Gasteiger partial charge in [-0.3, -0.25) is 4.90 Å².